The van der Waals surface area contributed by atoms with Gasteiger partial charge in [-0.2, -0.15) is 0 Å². The van der Waals surface area contributed by atoms with Crippen molar-refractivity contribution in [2.45, 2.75) is 19.4 Å². The lowest BCUT2D eigenvalue weighted by molar-refractivity contribution is -0.125. The van der Waals surface area contributed by atoms with Crippen LogP contribution in [0.5, 0.6) is 0 Å². The number of likely N-dealkylation sites (tertiary alicyclic amines) is 1. The van der Waals surface area contributed by atoms with Crippen molar-refractivity contribution in [2.75, 3.05) is 6.54 Å². The van der Waals surface area contributed by atoms with Crippen molar-refractivity contribution in [3.8, 4) is 11.1 Å². The van der Waals surface area contributed by atoms with Crippen molar-refractivity contribution in [1.29, 1.82) is 0 Å². The van der Waals surface area contributed by atoms with Gasteiger partial charge in [0.1, 0.15) is 6.04 Å². The van der Waals surface area contributed by atoms with Crippen molar-refractivity contribution in [3.05, 3.63) is 59.7 Å². The molecule has 2 aromatic rings. The van der Waals surface area contributed by atoms with Crippen molar-refractivity contribution in [3.63, 3.8) is 0 Å². The topological polar surface area (TPSA) is 63.4 Å². The normalized spacial score (nSPS) is 17.0. The number of primary amides is 1. The third kappa shape index (κ3) is 2.48. The van der Waals surface area contributed by atoms with Gasteiger partial charge in [0.15, 0.2) is 0 Å². The number of nitrogens with two attached hydrogens (primary N) is 1. The zero-order chi connectivity index (χ0) is 15.7. The maximum atomic E-state index is 12.7. The smallest absolute Gasteiger partial charge is 0.255 e. The average Bonchev–Trinajstić information content (AvgIpc) is 2.45. The van der Waals surface area contributed by atoms with Crippen molar-refractivity contribution in [2.24, 2.45) is 5.73 Å². The summed E-state index contributed by atoms with van der Waals surface area (Å²) in [6, 6.07) is 15.0. The van der Waals surface area contributed by atoms with Gasteiger partial charge < -0.3 is 10.6 Å². The predicted molar refractivity (Wildman–Crippen MR) is 85.3 cm³/mol. The Morgan fingerprint density at radius 3 is 2.55 bits per heavy atom. The summed E-state index contributed by atoms with van der Waals surface area (Å²) >= 11 is 0. The van der Waals surface area contributed by atoms with Crippen LogP contribution in [0.1, 0.15) is 22.3 Å². The monoisotopic (exact) mass is 294 g/mol. The molecule has 2 amide bonds. The Labute approximate surface area is 129 Å². The molecule has 2 N–H and O–H groups in total. The Balaban J connectivity index is 1.98. The van der Waals surface area contributed by atoms with E-state index in [9.17, 15) is 9.59 Å². The lowest BCUT2D eigenvalue weighted by Crippen LogP contribution is -2.57. The van der Waals surface area contributed by atoms with Gasteiger partial charge in [-0.15, -0.1) is 0 Å². The van der Waals surface area contributed by atoms with E-state index < -0.39 is 11.9 Å². The molecule has 22 heavy (non-hydrogen) atoms. The first-order chi connectivity index (χ1) is 10.6. The number of benzene rings is 2. The number of hydrogen-bond donors (Lipinski definition) is 1. The zero-order valence-corrected chi connectivity index (χ0v) is 12.5. The molecule has 0 saturated carbocycles. The van der Waals surface area contributed by atoms with E-state index in [0.29, 0.717) is 18.5 Å². The first kappa shape index (κ1) is 14.3. The van der Waals surface area contributed by atoms with Gasteiger partial charge in [0, 0.05) is 12.1 Å². The SMILES string of the molecule is Cc1cccc(-c2ccccc2C(=O)N2CCC2C(N)=O)c1. The molecule has 1 heterocycles. The molecule has 1 atom stereocenters. The van der Waals surface area contributed by atoms with E-state index in [2.05, 4.69) is 0 Å². The number of amides is 2. The van der Waals surface area contributed by atoms with Crippen LogP contribution in [0, 0.1) is 6.92 Å². The standard InChI is InChI=1S/C18H18N2O2/c1-12-5-4-6-13(11-12)14-7-2-3-8-15(14)18(22)20-10-9-16(20)17(19)21/h2-8,11,16H,9-10H2,1H3,(H2,19,21). The number of carbonyl (C=O) groups excluding carboxylic acids is 2. The van der Waals surface area contributed by atoms with Crippen LogP contribution in [0.15, 0.2) is 48.5 Å². The molecule has 4 heteroatoms. The van der Waals surface area contributed by atoms with Gasteiger partial charge in [-0.05, 0) is 30.5 Å². The summed E-state index contributed by atoms with van der Waals surface area (Å²) in [5, 5.41) is 0. The summed E-state index contributed by atoms with van der Waals surface area (Å²) in [6.45, 7) is 2.60. The van der Waals surface area contributed by atoms with Crippen LogP contribution >= 0.6 is 0 Å². The fraction of sp³-hybridized carbons (Fsp3) is 0.222. The van der Waals surface area contributed by atoms with E-state index in [0.717, 1.165) is 16.7 Å². The number of nitrogens with zero attached hydrogens (tertiary/aromatic N) is 1. The predicted octanol–water partition coefficient (Wildman–Crippen LogP) is 2.36. The molecule has 2 aromatic carbocycles. The molecule has 0 spiro atoms. The van der Waals surface area contributed by atoms with E-state index >= 15 is 0 Å². The zero-order valence-electron chi connectivity index (χ0n) is 12.5. The van der Waals surface area contributed by atoms with Crippen molar-refractivity contribution < 1.29 is 9.59 Å². The van der Waals surface area contributed by atoms with Gasteiger partial charge >= 0.3 is 0 Å². The summed E-state index contributed by atoms with van der Waals surface area (Å²) in [4.78, 5) is 25.6. The number of rotatable bonds is 3. The van der Waals surface area contributed by atoms with Gasteiger partial charge in [-0.3, -0.25) is 9.59 Å². The Morgan fingerprint density at radius 2 is 1.91 bits per heavy atom. The quantitative estimate of drug-likeness (QED) is 0.944. The molecule has 1 aliphatic rings. The van der Waals surface area contributed by atoms with Crippen molar-refractivity contribution in [1.82, 2.24) is 4.90 Å². The summed E-state index contributed by atoms with van der Waals surface area (Å²) in [5.74, 6) is -0.570. The van der Waals surface area contributed by atoms with E-state index in [-0.39, 0.29) is 5.91 Å². The second-order valence-electron chi connectivity index (χ2n) is 5.62. The minimum Gasteiger partial charge on any atom is -0.368 e. The van der Waals surface area contributed by atoms with Gasteiger partial charge in [0.05, 0.1) is 0 Å². The second kappa shape index (κ2) is 5.64. The molecule has 1 unspecified atom stereocenters. The fourth-order valence-electron chi connectivity index (χ4n) is 2.81. The van der Waals surface area contributed by atoms with Gasteiger partial charge in [-0.1, -0.05) is 48.0 Å². The molecule has 4 nitrogen and oxygen atoms in total. The molecule has 3 rings (SSSR count). The molecule has 0 aromatic heterocycles. The summed E-state index contributed by atoms with van der Waals surface area (Å²) < 4.78 is 0. The molecule has 112 valence electrons. The van der Waals surface area contributed by atoms with Crippen LogP contribution in [-0.4, -0.2) is 29.3 Å². The third-order valence-electron chi connectivity index (χ3n) is 4.10. The highest BCUT2D eigenvalue weighted by atomic mass is 16.2. The summed E-state index contributed by atoms with van der Waals surface area (Å²) in [5.41, 5.74) is 8.97. The molecule has 1 fully saturated rings. The largest absolute Gasteiger partial charge is 0.368 e. The van der Waals surface area contributed by atoms with Crippen LogP contribution in [0.25, 0.3) is 11.1 Å². The van der Waals surface area contributed by atoms with Crippen molar-refractivity contribution >= 4 is 11.8 Å². The molecule has 1 saturated heterocycles. The number of aryl methyl sites for hydroxylation is 1. The van der Waals surface area contributed by atoms with Gasteiger partial charge in [0.25, 0.3) is 5.91 Å². The van der Waals surface area contributed by atoms with Crippen LogP contribution in [0.3, 0.4) is 0 Å². The molecular formula is C18H18N2O2. The number of carbonyl (C=O) groups is 2. The van der Waals surface area contributed by atoms with Crippen LogP contribution in [-0.2, 0) is 4.79 Å². The van der Waals surface area contributed by atoms with Gasteiger partial charge in [-0.25, -0.2) is 0 Å². The van der Waals surface area contributed by atoms with E-state index in [4.69, 9.17) is 5.73 Å². The van der Waals surface area contributed by atoms with E-state index in [1.807, 2.05) is 49.4 Å². The maximum absolute atomic E-state index is 12.7. The molecule has 1 aliphatic heterocycles. The molecule has 0 bridgehead atoms. The second-order valence-corrected chi connectivity index (χ2v) is 5.62. The Bertz CT molecular complexity index is 739. The lowest BCUT2D eigenvalue weighted by atomic mass is 9.95. The highest BCUT2D eigenvalue weighted by Gasteiger charge is 2.37. The first-order valence-electron chi connectivity index (χ1n) is 7.34. The maximum Gasteiger partial charge on any atom is 0.255 e. The number of hydrogen-bond acceptors (Lipinski definition) is 2. The summed E-state index contributed by atoms with van der Waals surface area (Å²) in [6.07, 6.45) is 0.647. The van der Waals surface area contributed by atoms with E-state index in [1.165, 1.54) is 0 Å². The van der Waals surface area contributed by atoms with Crippen LogP contribution in [0.2, 0.25) is 0 Å². The summed E-state index contributed by atoms with van der Waals surface area (Å²) in [7, 11) is 0. The Kier molecular flexibility index (Phi) is 3.67. The minimum atomic E-state index is -0.474. The Morgan fingerprint density at radius 1 is 1.14 bits per heavy atom. The molecular weight excluding hydrogens is 276 g/mol. The first-order valence-corrected chi connectivity index (χ1v) is 7.34. The third-order valence-corrected chi connectivity index (χ3v) is 4.10. The minimum absolute atomic E-state index is 0.132. The molecule has 0 radical (unpaired) electrons. The van der Waals surface area contributed by atoms with Crippen LogP contribution in [0.4, 0.5) is 0 Å². The highest BCUT2D eigenvalue weighted by molar-refractivity contribution is 6.03. The lowest BCUT2D eigenvalue weighted by Gasteiger charge is -2.39. The van der Waals surface area contributed by atoms with E-state index in [1.54, 1.807) is 11.0 Å². The van der Waals surface area contributed by atoms with Gasteiger partial charge in [0.2, 0.25) is 5.91 Å². The van der Waals surface area contributed by atoms with Crippen LogP contribution < -0.4 is 5.73 Å². The fourth-order valence-corrected chi connectivity index (χ4v) is 2.81. The average molecular weight is 294 g/mol. The highest BCUT2D eigenvalue weighted by Crippen LogP contribution is 2.28. The molecule has 0 aliphatic carbocycles. The Hall–Kier alpha value is -2.62.